The molecule has 0 bridgehead atoms. The van der Waals surface area contributed by atoms with Crippen molar-refractivity contribution in [2.45, 2.75) is 25.8 Å². The van der Waals surface area contributed by atoms with E-state index in [2.05, 4.69) is 24.4 Å². The van der Waals surface area contributed by atoms with Crippen LogP contribution in [0.5, 0.6) is 5.75 Å². The Balaban J connectivity index is 1.34. The largest absolute Gasteiger partial charge is 0.492 e. The summed E-state index contributed by atoms with van der Waals surface area (Å²) < 4.78 is 11.5. The van der Waals surface area contributed by atoms with Crippen molar-refractivity contribution >= 4 is 0 Å². The molecule has 1 aliphatic rings. The highest BCUT2D eigenvalue weighted by Gasteiger charge is 2.36. The molecule has 0 aliphatic heterocycles. The third kappa shape index (κ3) is 3.42. The van der Waals surface area contributed by atoms with Gasteiger partial charge < -0.3 is 14.5 Å². The van der Waals surface area contributed by atoms with Gasteiger partial charge in [-0.15, -0.1) is 0 Å². The molecule has 1 heterocycles. The second-order valence-corrected chi connectivity index (χ2v) is 5.46. The summed E-state index contributed by atoms with van der Waals surface area (Å²) in [5.74, 6) is 4.53. The molecule has 3 nitrogen and oxygen atoms in total. The van der Waals surface area contributed by atoms with Crippen molar-refractivity contribution in [3.8, 4) is 5.75 Å². The maximum Gasteiger partial charge on any atom is 0.119 e. The fourth-order valence-electron chi connectivity index (χ4n) is 2.38. The zero-order valence-corrected chi connectivity index (χ0v) is 11.8. The average Bonchev–Trinajstić information content (AvgIpc) is 3.01. The van der Waals surface area contributed by atoms with Crippen LogP contribution < -0.4 is 10.1 Å². The number of furan rings is 1. The minimum atomic E-state index is 0.658. The predicted molar refractivity (Wildman–Crippen MR) is 78.9 cm³/mol. The molecule has 2 atom stereocenters. The van der Waals surface area contributed by atoms with E-state index in [0.29, 0.717) is 12.5 Å². The lowest BCUT2D eigenvalue weighted by molar-refractivity contribution is 0.310. The van der Waals surface area contributed by atoms with Gasteiger partial charge >= 0.3 is 0 Å². The first kappa shape index (κ1) is 13.3. The highest BCUT2D eigenvalue weighted by molar-refractivity contribution is 5.21. The lowest BCUT2D eigenvalue weighted by Crippen LogP contribution is -2.20. The Bertz CT molecular complexity index is 535. The number of benzene rings is 1. The van der Waals surface area contributed by atoms with Gasteiger partial charge in [0.15, 0.2) is 0 Å². The van der Waals surface area contributed by atoms with E-state index >= 15 is 0 Å². The Morgan fingerprint density at radius 1 is 1.20 bits per heavy atom. The molecule has 3 rings (SSSR count). The van der Waals surface area contributed by atoms with Crippen molar-refractivity contribution in [2.75, 3.05) is 13.2 Å². The van der Waals surface area contributed by atoms with Crippen LogP contribution in [0.1, 0.15) is 30.8 Å². The van der Waals surface area contributed by atoms with Gasteiger partial charge in [0.25, 0.3) is 0 Å². The zero-order chi connectivity index (χ0) is 13.8. The monoisotopic (exact) mass is 271 g/mol. The molecular formula is C17H21NO2. The van der Waals surface area contributed by atoms with Crippen molar-refractivity contribution in [1.29, 1.82) is 0 Å². The summed E-state index contributed by atoms with van der Waals surface area (Å²) in [4.78, 5) is 0. The van der Waals surface area contributed by atoms with E-state index in [-0.39, 0.29) is 0 Å². The summed E-state index contributed by atoms with van der Waals surface area (Å²) in [7, 11) is 0. The summed E-state index contributed by atoms with van der Waals surface area (Å²) in [5, 5.41) is 3.34. The molecule has 20 heavy (non-hydrogen) atoms. The minimum Gasteiger partial charge on any atom is -0.492 e. The van der Waals surface area contributed by atoms with Crippen LogP contribution in [0.2, 0.25) is 0 Å². The van der Waals surface area contributed by atoms with Crippen LogP contribution in [0.25, 0.3) is 0 Å². The fourth-order valence-corrected chi connectivity index (χ4v) is 2.38. The van der Waals surface area contributed by atoms with Crippen LogP contribution in [0.3, 0.4) is 0 Å². The maximum atomic E-state index is 5.84. The van der Waals surface area contributed by atoms with Gasteiger partial charge in [0, 0.05) is 12.5 Å². The number of hydrogen-bond donors (Lipinski definition) is 1. The number of rotatable bonds is 7. The van der Waals surface area contributed by atoms with Gasteiger partial charge in [0.2, 0.25) is 0 Å². The molecule has 0 spiro atoms. The smallest absolute Gasteiger partial charge is 0.119 e. The summed E-state index contributed by atoms with van der Waals surface area (Å²) >= 11 is 0. The first-order valence-corrected chi connectivity index (χ1v) is 7.30. The van der Waals surface area contributed by atoms with Crippen LogP contribution in [-0.4, -0.2) is 13.2 Å². The van der Waals surface area contributed by atoms with Crippen molar-refractivity contribution < 1.29 is 9.15 Å². The first-order valence-electron chi connectivity index (χ1n) is 7.30. The maximum absolute atomic E-state index is 5.84. The number of ether oxygens (including phenoxy) is 1. The minimum absolute atomic E-state index is 0.658. The molecule has 2 aromatic rings. The number of para-hydroxylation sites is 1. The quantitative estimate of drug-likeness (QED) is 0.782. The normalized spacial score (nSPS) is 20.9. The molecule has 2 unspecified atom stereocenters. The van der Waals surface area contributed by atoms with E-state index in [1.807, 2.05) is 30.3 Å². The van der Waals surface area contributed by atoms with Crippen molar-refractivity contribution in [3.05, 3.63) is 54.0 Å². The van der Waals surface area contributed by atoms with Gasteiger partial charge in [0.1, 0.15) is 23.9 Å². The zero-order valence-electron chi connectivity index (χ0n) is 11.8. The standard InChI is InChI=1S/C17H21NO2/c1-13-11-16(13)17-8-7-15(20-17)12-18-9-10-19-14-5-3-2-4-6-14/h2-8,13,16,18H,9-12H2,1H3. The Morgan fingerprint density at radius 3 is 2.75 bits per heavy atom. The Labute approximate surface area is 119 Å². The van der Waals surface area contributed by atoms with Crippen molar-refractivity contribution in [2.24, 2.45) is 5.92 Å². The van der Waals surface area contributed by atoms with E-state index in [9.17, 15) is 0 Å². The SMILES string of the molecule is CC1CC1c1ccc(CNCCOc2ccccc2)o1. The van der Waals surface area contributed by atoms with Gasteiger partial charge in [-0.05, 0) is 36.6 Å². The Hall–Kier alpha value is -1.74. The van der Waals surface area contributed by atoms with E-state index in [4.69, 9.17) is 9.15 Å². The van der Waals surface area contributed by atoms with Crippen molar-refractivity contribution in [3.63, 3.8) is 0 Å². The van der Waals surface area contributed by atoms with Crippen molar-refractivity contribution in [1.82, 2.24) is 5.32 Å². The fraction of sp³-hybridized carbons (Fsp3) is 0.412. The molecule has 0 radical (unpaired) electrons. The molecule has 1 fully saturated rings. The van der Waals surface area contributed by atoms with Gasteiger partial charge in [0.05, 0.1) is 6.54 Å². The van der Waals surface area contributed by atoms with E-state index in [0.717, 1.165) is 36.3 Å². The molecular weight excluding hydrogens is 250 g/mol. The predicted octanol–water partition coefficient (Wildman–Crippen LogP) is 3.57. The Morgan fingerprint density at radius 2 is 2.00 bits per heavy atom. The summed E-state index contributed by atoms with van der Waals surface area (Å²) in [6, 6.07) is 14.1. The molecule has 106 valence electrons. The van der Waals surface area contributed by atoms with E-state index in [1.54, 1.807) is 0 Å². The topological polar surface area (TPSA) is 34.4 Å². The van der Waals surface area contributed by atoms with Crippen LogP contribution in [0.4, 0.5) is 0 Å². The summed E-state index contributed by atoms with van der Waals surface area (Å²) in [5.41, 5.74) is 0. The van der Waals surface area contributed by atoms with Crippen LogP contribution in [0.15, 0.2) is 46.9 Å². The third-order valence-corrected chi connectivity index (χ3v) is 3.75. The molecule has 3 heteroatoms. The van der Waals surface area contributed by atoms with Crippen LogP contribution in [-0.2, 0) is 6.54 Å². The highest BCUT2D eigenvalue weighted by atomic mass is 16.5. The van der Waals surface area contributed by atoms with Crippen LogP contribution in [0, 0.1) is 5.92 Å². The molecule has 1 N–H and O–H groups in total. The van der Waals surface area contributed by atoms with Gasteiger partial charge in [-0.25, -0.2) is 0 Å². The first-order chi connectivity index (χ1) is 9.83. The second-order valence-electron chi connectivity index (χ2n) is 5.46. The van der Waals surface area contributed by atoms with E-state index < -0.39 is 0 Å². The molecule has 1 aliphatic carbocycles. The molecule has 0 saturated heterocycles. The van der Waals surface area contributed by atoms with Gasteiger partial charge in [-0.2, -0.15) is 0 Å². The average molecular weight is 271 g/mol. The molecule has 1 aromatic carbocycles. The highest BCUT2D eigenvalue weighted by Crippen LogP contribution is 2.47. The van der Waals surface area contributed by atoms with E-state index in [1.165, 1.54) is 6.42 Å². The molecule has 1 aromatic heterocycles. The summed E-state index contributed by atoms with van der Waals surface area (Å²) in [6.07, 6.45) is 1.27. The lowest BCUT2D eigenvalue weighted by Gasteiger charge is -2.06. The number of hydrogen-bond acceptors (Lipinski definition) is 3. The van der Waals surface area contributed by atoms with Gasteiger partial charge in [-0.1, -0.05) is 25.1 Å². The van der Waals surface area contributed by atoms with Crippen LogP contribution >= 0.6 is 0 Å². The molecule has 0 amide bonds. The molecule has 1 saturated carbocycles. The number of nitrogens with one attached hydrogen (secondary N) is 1. The third-order valence-electron chi connectivity index (χ3n) is 3.75. The van der Waals surface area contributed by atoms with Gasteiger partial charge in [-0.3, -0.25) is 0 Å². The summed E-state index contributed by atoms with van der Waals surface area (Å²) in [6.45, 7) is 4.51. The second kappa shape index (κ2) is 6.14. The lowest BCUT2D eigenvalue weighted by atomic mass is 10.3. The Kier molecular flexibility index (Phi) is 4.07.